The Labute approximate surface area is 111 Å². The summed E-state index contributed by atoms with van der Waals surface area (Å²) < 4.78 is 35.3. The fraction of sp³-hybridized carbons (Fsp3) is 0.455. The molecule has 0 saturated carbocycles. The molecular formula is C11H15N3O2S2. The van der Waals surface area contributed by atoms with Crippen LogP contribution < -0.4 is 4.72 Å². The van der Waals surface area contributed by atoms with Gasteiger partial charge in [-0.2, -0.15) is 8.75 Å². The van der Waals surface area contributed by atoms with Gasteiger partial charge in [-0.25, -0.2) is 13.1 Å². The maximum Gasteiger partial charge on any atom is 0.243 e. The van der Waals surface area contributed by atoms with Crippen LogP contribution in [-0.2, 0) is 10.0 Å². The maximum absolute atomic E-state index is 12.3. The normalized spacial score (nSPS) is 14.2. The summed E-state index contributed by atoms with van der Waals surface area (Å²) in [5.74, 6) is 0.229. The lowest BCUT2D eigenvalue weighted by Gasteiger charge is -2.17. The van der Waals surface area contributed by atoms with E-state index < -0.39 is 10.0 Å². The van der Waals surface area contributed by atoms with Gasteiger partial charge < -0.3 is 0 Å². The molecule has 1 unspecified atom stereocenters. The van der Waals surface area contributed by atoms with Gasteiger partial charge in [-0.3, -0.25) is 0 Å². The van der Waals surface area contributed by atoms with E-state index in [2.05, 4.69) is 13.5 Å². The molecule has 7 heteroatoms. The van der Waals surface area contributed by atoms with E-state index in [0.29, 0.717) is 11.0 Å². The van der Waals surface area contributed by atoms with Gasteiger partial charge in [0.1, 0.15) is 15.9 Å². The molecule has 0 spiro atoms. The van der Waals surface area contributed by atoms with Crippen molar-refractivity contribution in [2.45, 2.75) is 31.7 Å². The van der Waals surface area contributed by atoms with Crippen LogP contribution in [0.4, 0.5) is 0 Å². The standard InChI is InChI=1S/C11H15N3O2S2/c1-7(2)8(3)14-18(15,16)10-6-4-5-9-11(10)13-17-12-9/h4-8,14H,1-3H3. The van der Waals surface area contributed by atoms with Crippen molar-refractivity contribution in [1.82, 2.24) is 13.5 Å². The lowest BCUT2D eigenvalue weighted by Crippen LogP contribution is -2.36. The van der Waals surface area contributed by atoms with E-state index in [0.717, 1.165) is 11.7 Å². The van der Waals surface area contributed by atoms with E-state index in [1.165, 1.54) is 0 Å². The molecule has 1 atom stereocenters. The summed E-state index contributed by atoms with van der Waals surface area (Å²) in [6.45, 7) is 5.79. The molecule has 0 aliphatic heterocycles. The van der Waals surface area contributed by atoms with Crippen LogP contribution in [0.1, 0.15) is 20.8 Å². The zero-order valence-corrected chi connectivity index (χ0v) is 12.0. The van der Waals surface area contributed by atoms with Crippen molar-refractivity contribution in [3.8, 4) is 0 Å². The number of fused-ring (bicyclic) bond motifs is 1. The molecule has 5 nitrogen and oxygen atoms in total. The summed E-state index contributed by atoms with van der Waals surface area (Å²) in [4.78, 5) is 0.196. The van der Waals surface area contributed by atoms with E-state index in [9.17, 15) is 8.42 Å². The van der Waals surface area contributed by atoms with E-state index >= 15 is 0 Å². The molecule has 1 N–H and O–H groups in total. The monoisotopic (exact) mass is 285 g/mol. The molecule has 1 aromatic heterocycles. The second kappa shape index (κ2) is 4.91. The van der Waals surface area contributed by atoms with Crippen LogP contribution in [-0.4, -0.2) is 23.2 Å². The molecule has 2 aromatic rings. The zero-order chi connectivity index (χ0) is 13.3. The summed E-state index contributed by atoms with van der Waals surface area (Å²) >= 11 is 1.02. The zero-order valence-electron chi connectivity index (χ0n) is 10.4. The van der Waals surface area contributed by atoms with Crippen molar-refractivity contribution >= 4 is 32.8 Å². The summed E-state index contributed by atoms with van der Waals surface area (Å²) in [5, 5.41) is 0. The quantitative estimate of drug-likeness (QED) is 0.932. The third-order valence-electron chi connectivity index (χ3n) is 2.88. The molecule has 0 saturated heterocycles. The highest BCUT2D eigenvalue weighted by atomic mass is 32.2. The first-order valence-corrected chi connectivity index (χ1v) is 7.87. The SMILES string of the molecule is CC(C)C(C)NS(=O)(=O)c1cccc2nsnc12. The van der Waals surface area contributed by atoms with E-state index in [-0.39, 0.29) is 16.9 Å². The van der Waals surface area contributed by atoms with Crippen molar-refractivity contribution in [3.05, 3.63) is 18.2 Å². The molecular weight excluding hydrogens is 270 g/mol. The van der Waals surface area contributed by atoms with Gasteiger partial charge in [-0.05, 0) is 25.0 Å². The van der Waals surface area contributed by atoms with Crippen molar-refractivity contribution in [2.75, 3.05) is 0 Å². The Hall–Kier alpha value is -1.05. The minimum Gasteiger partial charge on any atom is -0.208 e. The highest BCUT2D eigenvalue weighted by Crippen LogP contribution is 2.21. The second-order valence-corrected chi connectivity index (χ2v) is 6.75. The molecule has 0 aliphatic carbocycles. The number of aromatic nitrogens is 2. The Morgan fingerprint density at radius 1 is 1.22 bits per heavy atom. The molecule has 0 aliphatic rings. The first-order valence-electron chi connectivity index (χ1n) is 5.65. The maximum atomic E-state index is 12.3. The largest absolute Gasteiger partial charge is 0.243 e. The van der Waals surface area contributed by atoms with Crippen molar-refractivity contribution < 1.29 is 8.42 Å². The van der Waals surface area contributed by atoms with Gasteiger partial charge in [0.15, 0.2) is 0 Å². The van der Waals surface area contributed by atoms with E-state index in [4.69, 9.17) is 0 Å². The van der Waals surface area contributed by atoms with Crippen LogP contribution in [0, 0.1) is 5.92 Å². The van der Waals surface area contributed by atoms with E-state index in [1.807, 2.05) is 20.8 Å². The minimum atomic E-state index is -3.55. The van der Waals surface area contributed by atoms with Crippen molar-refractivity contribution in [3.63, 3.8) is 0 Å². The Kier molecular flexibility index (Phi) is 3.65. The Morgan fingerprint density at radius 3 is 2.61 bits per heavy atom. The Bertz CT molecular complexity index is 649. The summed E-state index contributed by atoms with van der Waals surface area (Å²) in [7, 11) is -3.55. The number of rotatable bonds is 4. The molecule has 98 valence electrons. The topological polar surface area (TPSA) is 72.0 Å². The van der Waals surface area contributed by atoms with E-state index in [1.54, 1.807) is 18.2 Å². The van der Waals surface area contributed by atoms with Crippen LogP contribution in [0.25, 0.3) is 11.0 Å². The lowest BCUT2D eigenvalue weighted by atomic mass is 10.1. The van der Waals surface area contributed by atoms with Crippen LogP contribution in [0.2, 0.25) is 0 Å². The number of nitrogens with one attached hydrogen (secondary N) is 1. The van der Waals surface area contributed by atoms with Crippen LogP contribution in [0.5, 0.6) is 0 Å². The Morgan fingerprint density at radius 2 is 1.94 bits per heavy atom. The first-order chi connectivity index (χ1) is 8.42. The van der Waals surface area contributed by atoms with Gasteiger partial charge in [-0.1, -0.05) is 19.9 Å². The average molecular weight is 285 g/mol. The fourth-order valence-electron chi connectivity index (χ4n) is 1.44. The molecule has 1 heterocycles. The predicted octanol–water partition coefficient (Wildman–Crippen LogP) is 2.01. The minimum absolute atomic E-state index is 0.128. The molecule has 0 fully saturated rings. The lowest BCUT2D eigenvalue weighted by molar-refractivity contribution is 0.477. The van der Waals surface area contributed by atoms with Crippen LogP contribution in [0.15, 0.2) is 23.1 Å². The second-order valence-electron chi connectivity index (χ2n) is 4.54. The Balaban J connectivity index is 2.44. The average Bonchev–Trinajstić information content (AvgIpc) is 2.75. The van der Waals surface area contributed by atoms with Gasteiger partial charge in [0.25, 0.3) is 0 Å². The van der Waals surface area contributed by atoms with Gasteiger partial charge >= 0.3 is 0 Å². The van der Waals surface area contributed by atoms with Gasteiger partial charge in [0.05, 0.1) is 11.7 Å². The number of hydrogen-bond donors (Lipinski definition) is 1. The molecule has 0 bridgehead atoms. The summed E-state index contributed by atoms with van der Waals surface area (Å²) in [5.41, 5.74) is 1.05. The first kappa shape index (κ1) is 13.4. The fourth-order valence-corrected chi connectivity index (χ4v) is 3.60. The number of nitrogens with zero attached hydrogens (tertiary/aromatic N) is 2. The highest BCUT2D eigenvalue weighted by Gasteiger charge is 2.22. The van der Waals surface area contributed by atoms with Crippen molar-refractivity contribution in [2.24, 2.45) is 5.92 Å². The molecule has 1 aromatic carbocycles. The third-order valence-corrected chi connectivity index (χ3v) is 5.01. The molecule has 0 amide bonds. The number of benzene rings is 1. The van der Waals surface area contributed by atoms with Gasteiger partial charge in [-0.15, -0.1) is 0 Å². The highest BCUT2D eigenvalue weighted by molar-refractivity contribution is 7.89. The predicted molar refractivity (Wildman–Crippen MR) is 72.0 cm³/mol. The number of sulfonamides is 1. The smallest absolute Gasteiger partial charge is 0.208 e. The summed E-state index contributed by atoms with van der Waals surface area (Å²) in [6.07, 6.45) is 0. The molecule has 2 rings (SSSR count). The third kappa shape index (κ3) is 2.52. The molecule has 0 radical (unpaired) electrons. The summed E-state index contributed by atoms with van der Waals surface area (Å²) in [6, 6.07) is 4.86. The van der Waals surface area contributed by atoms with Crippen molar-refractivity contribution in [1.29, 1.82) is 0 Å². The molecule has 18 heavy (non-hydrogen) atoms. The van der Waals surface area contributed by atoms with Gasteiger partial charge in [0.2, 0.25) is 10.0 Å². The van der Waals surface area contributed by atoms with Crippen LogP contribution in [0.3, 0.4) is 0 Å². The van der Waals surface area contributed by atoms with Crippen LogP contribution >= 0.6 is 11.7 Å². The number of hydrogen-bond acceptors (Lipinski definition) is 5. The van der Waals surface area contributed by atoms with Gasteiger partial charge in [0, 0.05) is 6.04 Å².